The highest BCUT2D eigenvalue weighted by atomic mass is 16.3. The summed E-state index contributed by atoms with van der Waals surface area (Å²) in [5.74, 6) is 4.02. The molecule has 1 heterocycles. The van der Waals surface area contributed by atoms with Crippen molar-refractivity contribution in [3.8, 4) is 0 Å². The van der Waals surface area contributed by atoms with E-state index < -0.39 is 6.10 Å². The maximum absolute atomic E-state index is 11.0. The number of aromatic nitrogens is 2. The lowest BCUT2D eigenvalue weighted by atomic mass is 9.82. The van der Waals surface area contributed by atoms with Gasteiger partial charge < -0.3 is 15.8 Å². The molecule has 4 N–H and O–H groups in total. The number of hydrogen-bond donors (Lipinski definition) is 3. The third-order valence-corrected chi connectivity index (χ3v) is 7.73. The summed E-state index contributed by atoms with van der Waals surface area (Å²) >= 11 is 0. The quantitative estimate of drug-likeness (QED) is 0.732. The Morgan fingerprint density at radius 1 is 1.19 bits per heavy atom. The van der Waals surface area contributed by atoms with E-state index in [1.807, 2.05) is 0 Å². The van der Waals surface area contributed by atoms with E-state index in [9.17, 15) is 5.11 Å². The summed E-state index contributed by atoms with van der Waals surface area (Å²) in [6, 6.07) is 4.54. The summed E-state index contributed by atoms with van der Waals surface area (Å²) in [5.41, 5.74) is 10.5. The Balaban J connectivity index is 1.43. The molecular formula is C23H33N3O. The fourth-order valence-electron chi connectivity index (χ4n) is 6.29. The molecule has 1 aromatic heterocycles. The van der Waals surface area contributed by atoms with Crippen molar-refractivity contribution in [1.82, 2.24) is 9.97 Å². The van der Waals surface area contributed by atoms with Gasteiger partial charge in [-0.1, -0.05) is 31.4 Å². The Labute approximate surface area is 161 Å². The number of H-pyrrole nitrogens is 1. The van der Waals surface area contributed by atoms with Gasteiger partial charge in [-0.2, -0.15) is 0 Å². The van der Waals surface area contributed by atoms with Crippen LogP contribution in [0.4, 0.5) is 0 Å². The fourth-order valence-corrected chi connectivity index (χ4v) is 6.29. The molecule has 5 rings (SSSR count). The van der Waals surface area contributed by atoms with Gasteiger partial charge in [0, 0.05) is 17.5 Å². The zero-order valence-corrected chi connectivity index (χ0v) is 16.5. The zero-order chi connectivity index (χ0) is 18.5. The molecule has 6 unspecified atom stereocenters. The van der Waals surface area contributed by atoms with Gasteiger partial charge in [0.15, 0.2) is 0 Å². The SMILES string of the molecule is Cc1ccc(C(O)CC2CCCC(N)C2)c2[nH]c(C3CC4CCC3C4)nc12. The van der Waals surface area contributed by atoms with Crippen LogP contribution in [0, 0.1) is 24.7 Å². The summed E-state index contributed by atoms with van der Waals surface area (Å²) in [4.78, 5) is 8.69. The largest absolute Gasteiger partial charge is 0.388 e. The second-order valence-corrected chi connectivity index (χ2v) is 9.64. The van der Waals surface area contributed by atoms with Gasteiger partial charge in [0.1, 0.15) is 5.82 Å². The van der Waals surface area contributed by atoms with Crippen molar-refractivity contribution in [2.75, 3.05) is 0 Å². The Morgan fingerprint density at radius 3 is 2.81 bits per heavy atom. The van der Waals surface area contributed by atoms with Crippen LogP contribution in [0.15, 0.2) is 12.1 Å². The van der Waals surface area contributed by atoms with E-state index in [1.54, 1.807) is 0 Å². The Bertz CT molecular complexity index is 828. The van der Waals surface area contributed by atoms with Crippen molar-refractivity contribution in [3.05, 3.63) is 29.1 Å². The fraction of sp³-hybridized carbons (Fsp3) is 0.696. The first-order valence-electron chi connectivity index (χ1n) is 11.0. The van der Waals surface area contributed by atoms with E-state index in [2.05, 4.69) is 24.0 Å². The molecule has 3 fully saturated rings. The van der Waals surface area contributed by atoms with E-state index in [1.165, 1.54) is 49.9 Å². The highest BCUT2D eigenvalue weighted by molar-refractivity contribution is 5.82. The predicted octanol–water partition coefficient (Wildman–Crippen LogP) is 4.72. The number of nitrogens with zero attached hydrogens (tertiary/aromatic N) is 1. The van der Waals surface area contributed by atoms with E-state index >= 15 is 0 Å². The van der Waals surface area contributed by atoms with Crippen molar-refractivity contribution in [2.24, 2.45) is 23.5 Å². The molecule has 0 aliphatic heterocycles. The van der Waals surface area contributed by atoms with Crippen LogP contribution in [0.2, 0.25) is 0 Å². The van der Waals surface area contributed by atoms with Crippen LogP contribution in [-0.2, 0) is 0 Å². The Hall–Kier alpha value is -1.39. The molecule has 1 aromatic carbocycles. The molecule has 0 saturated heterocycles. The lowest BCUT2D eigenvalue weighted by molar-refractivity contribution is 0.129. The zero-order valence-electron chi connectivity index (χ0n) is 16.5. The summed E-state index contributed by atoms with van der Waals surface area (Å²) in [6.45, 7) is 2.13. The maximum atomic E-state index is 11.0. The number of aryl methyl sites for hydroxylation is 1. The van der Waals surface area contributed by atoms with Gasteiger partial charge in [0.05, 0.1) is 17.1 Å². The van der Waals surface area contributed by atoms with Crippen LogP contribution in [-0.4, -0.2) is 21.1 Å². The number of nitrogens with two attached hydrogens (primary N) is 1. The molecule has 4 heteroatoms. The van der Waals surface area contributed by atoms with Crippen molar-refractivity contribution in [1.29, 1.82) is 0 Å². The second-order valence-electron chi connectivity index (χ2n) is 9.64. The van der Waals surface area contributed by atoms with Crippen LogP contribution >= 0.6 is 0 Å². The van der Waals surface area contributed by atoms with Gasteiger partial charge in [0.2, 0.25) is 0 Å². The highest BCUT2D eigenvalue weighted by Gasteiger charge is 2.41. The third-order valence-electron chi connectivity index (χ3n) is 7.73. The van der Waals surface area contributed by atoms with Crippen LogP contribution in [0.1, 0.15) is 86.8 Å². The Morgan fingerprint density at radius 2 is 2.07 bits per heavy atom. The average molecular weight is 368 g/mol. The van der Waals surface area contributed by atoms with Crippen LogP contribution in [0.3, 0.4) is 0 Å². The number of hydrogen-bond acceptors (Lipinski definition) is 3. The molecule has 0 amide bonds. The van der Waals surface area contributed by atoms with E-state index in [0.29, 0.717) is 17.9 Å². The number of nitrogens with one attached hydrogen (secondary N) is 1. The molecule has 27 heavy (non-hydrogen) atoms. The van der Waals surface area contributed by atoms with Crippen molar-refractivity contribution in [3.63, 3.8) is 0 Å². The standard InChI is InChI=1S/C23H33N3O/c1-13-5-8-18(20(27)12-14-3-2-4-17(24)10-14)22-21(13)25-23(26-22)19-11-15-6-7-16(19)9-15/h5,8,14-17,19-20,27H,2-4,6-7,9-12,24H2,1H3,(H,25,26). The minimum Gasteiger partial charge on any atom is -0.388 e. The molecule has 4 nitrogen and oxygen atoms in total. The van der Waals surface area contributed by atoms with E-state index in [-0.39, 0.29) is 0 Å². The summed E-state index contributed by atoms with van der Waals surface area (Å²) in [7, 11) is 0. The first-order chi connectivity index (χ1) is 13.1. The molecule has 0 spiro atoms. The summed E-state index contributed by atoms with van der Waals surface area (Å²) < 4.78 is 0. The monoisotopic (exact) mass is 367 g/mol. The van der Waals surface area contributed by atoms with Gasteiger partial charge >= 0.3 is 0 Å². The number of rotatable bonds is 4. The number of aliphatic hydroxyl groups is 1. The topological polar surface area (TPSA) is 74.9 Å². The number of benzene rings is 1. The molecule has 0 radical (unpaired) electrons. The smallest absolute Gasteiger partial charge is 0.110 e. The minimum absolute atomic E-state index is 0.311. The number of fused-ring (bicyclic) bond motifs is 3. The van der Waals surface area contributed by atoms with Crippen molar-refractivity contribution < 1.29 is 5.11 Å². The van der Waals surface area contributed by atoms with Crippen LogP contribution in [0.25, 0.3) is 11.0 Å². The number of imidazole rings is 1. The molecule has 2 bridgehead atoms. The van der Waals surface area contributed by atoms with Gasteiger partial charge in [0.25, 0.3) is 0 Å². The van der Waals surface area contributed by atoms with Crippen molar-refractivity contribution in [2.45, 2.75) is 82.8 Å². The molecule has 146 valence electrons. The lowest BCUT2D eigenvalue weighted by Gasteiger charge is -2.28. The van der Waals surface area contributed by atoms with Crippen LogP contribution < -0.4 is 5.73 Å². The average Bonchev–Trinajstić information content (AvgIpc) is 3.37. The van der Waals surface area contributed by atoms with Gasteiger partial charge in [-0.25, -0.2) is 4.98 Å². The number of aromatic amines is 1. The highest BCUT2D eigenvalue weighted by Crippen LogP contribution is 2.52. The molecule has 3 aliphatic rings. The molecule has 2 aromatic rings. The lowest BCUT2D eigenvalue weighted by Crippen LogP contribution is -2.28. The summed E-state index contributed by atoms with van der Waals surface area (Å²) in [5, 5.41) is 11.0. The summed E-state index contributed by atoms with van der Waals surface area (Å²) in [6.07, 6.45) is 10.4. The maximum Gasteiger partial charge on any atom is 0.110 e. The molecule has 3 saturated carbocycles. The third kappa shape index (κ3) is 3.21. The van der Waals surface area contributed by atoms with Gasteiger partial charge in [-0.3, -0.25) is 0 Å². The number of aliphatic hydroxyl groups excluding tert-OH is 1. The molecule has 3 aliphatic carbocycles. The van der Waals surface area contributed by atoms with Crippen molar-refractivity contribution >= 4 is 11.0 Å². The first kappa shape index (κ1) is 17.7. The first-order valence-corrected chi connectivity index (χ1v) is 11.0. The second kappa shape index (κ2) is 6.89. The molecule has 6 atom stereocenters. The van der Waals surface area contributed by atoms with E-state index in [0.717, 1.165) is 47.7 Å². The normalized spacial score (nSPS) is 34.4. The molecular weight excluding hydrogens is 334 g/mol. The van der Waals surface area contributed by atoms with Gasteiger partial charge in [-0.15, -0.1) is 0 Å². The predicted molar refractivity (Wildman–Crippen MR) is 109 cm³/mol. The van der Waals surface area contributed by atoms with Gasteiger partial charge in [-0.05, 0) is 68.8 Å². The Kier molecular flexibility index (Phi) is 4.52. The van der Waals surface area contributed by atoms with Crippen LogP contribution in [0.5, 0.6) is 0 Å². The van der Waals surface area contributed by atoms with E-state index in [4.69, 9.17) is 10.7 Å². The minimum atomic E-state index is -0.434.